The van der Waals surface area contributed by atoms with E-state index < -0.39 is 29.5 Å². The van der Waals surface area contributed by atoms with Gasteiger partial charge in [-0.25, -0.2) is 9.78 Å². The third-order valence-corrected chi connectivity index (χ3v) is 4.55. The highest BCUT2D eigenvalue weighted by molar-refractivity contribution is 5.96. The zero-order valence-electron chi connectivity index (χ0n) is 16.9. The Kier molecular flexibility index (Phi) is 7.01. The first-order valence-corrected chi connectivity index (χ1v) is 9.73. The molecule has 1 aromatic carbocycles. The van der Waals surface area contributed by atoms with Gasteiger partial charge in [-0.15, -0.1) is 0 Å². The van der Waals surface area contributed by atoms with Crippen molar-refractivity contribution in [3.63, 3.8) is 0 Å². The highest BCUT2D eigenvalue weighted by atomic mass is 16.4. The van der Waals surface area contributed by atoms with Crippen LogP contribution in [0, 0.1) is 0 Å². The Bertz CT molecular complexity index is 1200. The number of aromatic nitrogens is 3. The minimum absolute atomic E-state index is 0.00141. The second-order valence-corrected chi connectivity index (χ2v) is 6.93. The predicted molar refractivity (Wildman–Crippen MR) is 117 cm³/mol. The predicted octanol–water partition coefficient (Wildman–Crippen LogP) is 1.17. The first-order valence-electron chi connectivity index (χ1n) is 9.73. The number of fused-ring (bicyclic) bond motifs is 1. The molecule has 2 heterocycles. The fourth-order valence-corrected chi connectivity index (χ4v) is 3.10. The van der Waals surface area contributed by atoms with Gasteiger partial charge < -0.3 is 31.0 Å². The summed E-state index contributed by atoms with van der Waals surface area (Å²) >= 11 is 0. The summed E-state index contributed by atoms with van der Waals surface area (Å²) in [5.41, 5.74) is 6.14. The summed E-state index contributed by atoms with van der Waals surface area (Å²) in [5, 5.41) is 13.6. The Morgan fingerprint density at radius 3 is 2.72 bits per heavy atom. The Morgan fingerprint density at radius 2 is 2.00 bits per heavy atom. The van der Waals surface area contributed by atoms with Crippen LogP contribution >= 0.6 is 0 Å². The lowest BCUT2D eigenvalue weighted by molar-refractivity contribution is -0.118. The SMILES string of the molecule is NC(=O)/C=C/CC[C@H](NC(=O)O)C(=O)Nc1cccn(Cc2nc3ccccc3[nH]2)c1=O. The number of pyridine rings is 1. The number of H-pyrrole nitrogens is 1. The molecule has 6 N–H and O–H groups in total. The number of anilines is 1. The van der Waals surface area contributed by atoms with E-state index in [2.05, 4.69) is 20.6 Å². The number of aromatic amines is 1. The van der Waals surface area contributed by atoms with Crippen molar-refractivity contribution in [1.29, 1.82) is 0 Å². The average Bonchev–Trinajstić information content (AvgIpc) is 3.15. The highest BCUT2D eigenvalue weighted by Crippen LogP contribution is 2.11. The van der Waals surface area contributed by atoms with Crippen molar-refractivity contribution in [3.8, 4) is 0 Å². The molecular formula is C21H22N6O5. The topological polar surface area (TPSA) is 172 Å². The van der Waals surface area contributed by atoms with E-state index in [4.69, 9.17) is 10.8 Å². The number of amides is 3. The summed E-state index contributed by atoms with van der Waals surface area (Å²) in [4.78, 5) is 54.8. The molecule has 3 rings (SSSR count). The molecule has 3 amide bonds. The Balaban J connectivity index is 1.73. The number of rotatable bonds is 9. The second kappa shape index (κ2) is 10.1. The maximum atomic E-state index is 12.8. The van der Waals surface area contributed by atoms with Gasteiger partial charge in [0.05, 0.1) is 17.6 Å². The van der Waals surface area contributed by atoms with Crippen LogP contribution in [-0.4, -0.2) is 43.6 Å². The number of primary amides is 1. The van der Waals surface area contributed by atoms with E-state index in [1.807, 2.05) is 24.3 Å². The Hall–Kier alpha value is -4.41. The molecule has 0 bridgehead atoms. The van der Waals surface area contributed by atoms with Gasteiger partial charge in [-0.3, -0.25) is 14.4 Å². The molecule has 0 spiro atoms. The lowest BCUT2D eigenvalue weighted by Crippen LogP contribution is -2.44. The third-order valence-electron chi connectivity index (χ3n) is 4.55. The van der Waals surface area contributed by atoms with Gasteiger partial charge in [0.2, 0.25) is 11.8 Å². The summed E-state index contributed by atoms with van der Waals surface area (Å²) in [6, 6.07) is 9.35. The first-order chi connectivity index (χ1) is 15.3. The van der Waals surface area contributed by atoms with Crippen LogP contribution in [0.15, 0.2) is 59.5 Å². The highest BCUT2D eigenvalue weighted by Gasteiger charge is 2.21. The monoisotopic (exact) mass is 438 g/mol. The minimum atomic E-state index is -1.39. The summed E-state index contributed by atoms with van der Waals surface area (Å²) in [6.45, 7) is 0.159. The van der Waals surface area contributed by atoms with Gasteiger partial charge in [0.15, 0.2) is 0 Å². The van der Waals surface area contributed by atoms with E-state index in [1.54, 1.807) is 12.3 Å². The number of carbonyl (C=O) groups is 3. The molecule has 11 heteroatoms. The number of imidazole rings is 1. The van der Waals surface area contributed by atoms with Crippen LogP contribution in [0.3, 0.4) is 0 Å². The van der Waals surface area contributed by atoms with Crippen LogP contribution in [0.5, 0.6) is 0 Å². The number of benzene rings is 1. The molecule has 3 aromatic rings. The molecule has 0 unspecified atom stereocenters. The lowest BCUT2D eigenvalue weighted by atomic mass is 10.1. The average molecular weight is 438 g/mol. The number of hydrogen-bond donors (Lipinski definition) is 5. The van der Waals surface area contributed by atoms with Crippen LogP contribution in [0.25, 0.3) is 11.0 Å². The fraction of sp³-hybridized carbons (Fsp3) is 0.190. The van der Waals surface area contributed by atoms with E-state index in [-0.39, 0.29) is 25.1 Å². The standard InChI is InChI=1S/C21H22N6O5/c22-17(28)10-4-3-8-15(26-21(31)32)19(29)25-16-9-5-11-27(20(16)30)12-18-23-13-6-1-2-7-14(13)24-18/h1-2,4-7,9-11,15,26H,3,8,12H2,(H2,22,28)(H,23,24)(H,25,29)(H,31,32)/b10-4+/t15-/m0/s1. The van der Waals surface area contributed by atoms with Crippen molar-refractivity contribution in [2.75, 3.05) is 5.32 Å². The first kappa shape index (κ1) is 22.3. The van der Waals surface area contributed by atoms with Crippen molar-refractivity contribution < 1.29 is 19.5 Å². The van der Waals surface area contributed by atoms with Crippen molar-refractivity contribution in [1.82, 2.24) is 19.9 Å². The zero-order valence-corrected chi connectivity index (χ0v) is 16.9. The lowest BCUT2D eigenvalue weighted by Gasteiger charge is -2.16. The van der Waals surface area contributed by atoms with Gasteiger partial charge >= 0.3 is 6.09 Å². The van der Waals surface area contributed by atoms with E-state index in [0.717, 1.165) is 17.1 Å². The minimum Gasteiger partial charge on any atom is -0.465 e. The van der Waals surface area contributed by atoms with Crippen molar-refractivity contribution in [2.24, 2.45) is 5.73 Å². The number of carbonyl (C=O) groups excluding carboxylic acids is 2. The van der Waals surface area contributed by atoms with Crippen LogP contribution in [0.1, 0.15) is 18.7 Å². The number of allylic oxidation sites excluding steroid dienone is 1. The van der Waals surface area contributed by atoms with E-state index in [0.29, 0.717) is 5.82 Å². The molecule has 1 atom stereocenters. The van der Waals surface area contributed by atoms with Crippen LogP contribution in [-0.2, 0) is 16.1 Å². The number of nitrogens with zero attached hydrogens (tertiary/aromatic N) is 2. The van der Waals surface area contributed by atoms with Crippen LogP contribution < -0.4 is 21.9 Å². The maximum Gasteiger partial charge on any atom is 0.405 e. The Labute approximate surface area is 182 Å². The van der Waals surface area contributed by atoms with E-state index >= 15 is 0 Å². The smallest absolute Gasteiger partial charge is 0.405 e. The van der Waals surface area contributed by atoms with Crippen molar-refractivity contribution in [2.45, 2.75) is 25.4 Å². The van der Waals surface area contributed by atoms with Gasteiger partial charge in [-0.05, 0) is 43.2 Å². The van der Waals surface area contributed by atoms with Gasteiger partial charge in [0.1, 0.15) is 17.6 Å². The van der Waals surface area contributed by atoms with Gasteiger partial charge in [-0.2, -0.15) is 0 Å². The molecule has 0 saturated carbocycles. The molecule has 0 aliphatic heterocycles. The second-order valence-electron chi connectivity index (χ2n) is 6.93. The van der Waals surface area contributed by atoms with Gasteiger partial charge in [-0.1, -0.05) is 18.2 Å². The quantitative estimate of drug-likeness (QED) is 0.314. The molecule has 11 nitrogen and oxygen atoms in total. The van der Waals surface area contributed by atoms with E-state index in [9.17, 15) is 19.2 Å². The molecular weight excluding hydrogens is 416 g/mol. The summed E-state index contributed by atoms with van der Waals surface area (Å²) in [6.07, 6.45) is 3.04. The number of para-hydroxylation sites is 2. The summed E-state index contributed by atoms with van der Waals surface area (Å²) < 4.78 is 1.38. The molecule has 32 heavy (non-hydrogen) atoms. The molecule has 166 valence electrons. The summed E-state index contributed by atoms with van der Waals surface area (Å²) in [5.74, 6) is -0.770. The number of nitrogens with two attached hydrogens (primary N) is 1. The number of carboxylic acid groups (broad SMARTS) is 1. The molecule has 0 aliphatic rings. The Morgan fingerprint density at radius 1 is 1.22 bits per heavy atom. The fourth-order valence-electron chi connectivity index (χ4n) is 3.10. The van der Waals surface area contributed by atoms with Crippen molar-refractivity contribution in [3.05, 3.63) is 70.9 Å². The number of hydrogen-bond acceptors (Lipinski definition) is 5. The van der Waals surface area contributed by atoms with Crippen LogP contribution in [0.2, 0.25) is 0 Å². The molecule has 0 saturated heterocycles. The molecule has 2 aromatic heterocycles. The molecule has 0 radical (unpaired) electrons. The van der Waals surface area contributed by atoms with Crippen LogP contribution in [0.4, 0.5) is 10.5 Å². The maximum absolute atomic E-state index is 12.8. The molecule has 0 fully saturated rings. The number of nitrogens with one attached hydrogen (secondary N) is 3. The molecule has 0 aliphatic carbocycles. The third kappa shape index (κ3) is 5.81. The zero-order chi connectivity index (χ0) is 23.1. The largest absolute Gasteiger partial charge is 0.465 e. The van der Waals surface area contributed by atoms with E-state index in [1.165, 1.54) is 16.7 Å². The normalized spacial score (nSPS) is 12.0. The van der Waals surface area contributed by atoms with Crippen molar-refractivity contribution >= 4 is 34.6 Å². The summed E-state index contributed by atoms with van der Waals surface area (Å²) in [7, 11) is 0. The van der Waals surface area contributed by atoms with Gasteiger partial charge in [0.25, 0.3) is 5.56 Å². The van der Waals surface area contributed by atoms with Gasteiger partial charge in [0, 0.05) is 6.20 Å².